The Labute approximate surface area is 89.9 Å². The summed E-state index contributed by atoms with van der Waals surface area (Å²) in [5.74, 6) is 0. The molecule has 0 aromatic carbocycles. The number of hydrogen-bond acceptors (Lipinski definition) is 3. The topological polar surface area (TPSA) is 27.7 Å². The quantitative estimate of drug-likeness (QED) is 0.548. The summed E-state index contributed by atoms with van der Waals surface area (Å²) in [4.78, 5) is 0. The van der Waals surface area contributed by atoms with Gasteiger partial charge < -0.3 is 13.3 Å². The third-order valence-corrected chi connectivity index (χ3v) is 5.08. The van der Waals surface area contributed by atoms with E-state index >= 15 is 0 Å². The zero-order valence-electron chi connectivity index (χ0n) is 9.97. The first-order chi connectivity index (χ1) is 6.74. The second kappa shape index (κ2) is 8.47. The third-order valence-electron chi connectivity index (χ3n) is 1.93. The van der Waals surface area contributed by atoms with E-state index in [1.165, 1.54) is 0 Å². The summed E-state index contributed by atoms with van der Waals surface area (Å²) in [6.45, 7) is 8.00. The highest BCUT2D eigenvalue weighted by Gasteiger charge is 2.39. The maximum Gasteiger partial charge on any atom is 0.500 e. The largest absolute Gasteiger partial charge is 0.500 e. The molecule has 5 heteroatoms. The fraction of sp³-hybridized carbons (Fsp3) is 1.00. The molecule has 0 radical (unpaired) electrons. The Balaban J connectivity index is 4.21. The molecule has 84 valence electrons. The Hall–Kier alpha value is 0.162. The molecule has 0 rings (SSSR count). The van der Waals surface area contributed by atoms with Crippen molar-refractivity contribution in [1.29, 1.82) is 0 Å². The van der Waals surface area contributed by atoms with Crippen molar-refractivity contribution in [2.75, 3.05) is 19.8 Å². The van der Waals surface area contributed by atoms with Gasteiger partial charge in [0.25, 0.3) is 0 Å². The van der Waals surface area contributed by atoms with Crippen molar-refractivity contribution in [1.82, 2.24) is 0 Å². The molecular formula is C9H23BO3Si. The molecule has 0 atom stereocenters. The first-order valence-electron chi connectivity index (χ1n) is 5.66. The van der Waals surface area contributed by atoms with Gasteiger partial charge in [0.2, 0.25) is 0 Å². The van der Waals surface area contributed by atoms with E-state index in [0.29, 0.717) is 19.8 Å². The van der Waals surface area contributed by atoms with Crippen LogP contribution in [0.25, 0.3) is 0 Å². The Morgan fingerprint density at radius 1 is 0.929 bits per heavy atom. The average Bonchev–Trinajstić information content (AvgIpc) is 2.16. The fourth-order valence-electron chi connectivity index (χ4n) is 1.39. The summed E-state index contributed by atoms with van der Waals surface area (Å²) in [5, 5.41) is 0. The minimum Gasteiger partial charge on any atom is -0.374 e. The van der Waals surface area contributed by atoms with Crippen LogP contribution in [-0.4, -0.2) is 36.5 Å². The van der Waals surface area contributed by atoms with E-state index in [1.807, 2.05) is 20.8 Å². The van der Waals surface area contributed by atoms with Gasteiger partial charge in [-0.15, -0.1) is 0 Å². The second-order valence-corrected chi connectivity index (χ2v) is 5.82. The summed E-state index contributed by atoms with van der Waals surface area (Å²) < 4.78 is 17.1. The van der Waals surface area contributed by atoms with Gasteiger partial charge in [-0.3, -0.25) is 0 Å². The highest BCUT2D eigenvalue weighted by molar-refractivity contribution is 6.60. The average molecular weight is 218 g/mol. The molecule has 3 nitrogen and oxygen atoms in total. The zero-order valence-corrected chi connectivity index (χ0v) is 11.0. The lowest BCUT2D eigenvalue weighted by Crippen LogP contribution is -2.45. The van der Waals surface area contributed by atoms with Crippen LogP contribution in [0.2, 0.25) is 12.4 Å². The third kappa shape index (κ3) is 5.14. The minimum atomic E-state index is -2.32. The molecule has 0 amide bonds. The molecule has 0 aliphatic heterocycles. The van der Waals surface area contributed by atoms with Gasteiger partial charge in [0.15, 0.2) is 0 Å². The van der Waals surface area contributed by atoms with Crippen LogP contribution in [0.3, 0.4) is 0 Å². The molecule has 0 heterocycles. The summed E-state index contributed by atoms with van der Waals surface area (Å²) in [6.07, 6.45) is 2.27. The Bertz CT molecular complexity index is 118. The van der Waals surface area contributed by atoms with Crippen LogP contribution in [-0.2, 0) is 13.3 Å². The molecule has 0 spiro atoms. The van der Waals surface area contributed by atoms with E-state index in [4.69, 9.17) is 13.3 Å². The standard InChI is InChI=1S/C9H23BO3Si/c1-4-11-14(12-5-2,13-6-3)9-7-8-10/h4-10H2,1-3H3. The van der Waals surface area contributed by atoms with Crippen LogP contribution >= 0.6 is 0 Å². The van der Waals surface area contributed by atoms with E-state index in [1.54, 1.807) is 0 Å². The van der Waals surface area contributed by atoms with Crippen molar-refractivity contribution in [3.05, 3.63) is 0 Å². The summed E-state index contributed by atoms with van der Waals surface area (Å²) in [5.41, 5.74) is 0. The van der Waals surface area contributed by atoms with Gasteiger partial charge in [0.1, 0.15) is 7.85 Å². The molecule has 0 aliphatic carbocycles. The van der Waals surface area contributed by atoms with Crippen LogP contribution in [0.5, 0.6) is 0 Å². The van der Waals surface area contributed by atoms with Crippen LogP contribution in [0.4, 0.5) is 0 Å². The van der Waals surface area contributed by atoms with Gasteiger partial charge in [-0.25, -0.2) is 0 Å². The Kier molecular flexibility index (Phi) is 8.57. The van der Waals surface area contributed by atoms with Crippen LogP contribution in [0.15, 0.2) is 0 Å². The summed E-state index contributed by atoms with van der Waals surface area (Å²) in [6, 6.07) is 0.943. The molecule has 0 aromatic heterocycles. The lowest BCUT2D eigenvalue weighted by atomic mass is 10.0. The van der Waals surface area contributed by atoms with Gasteiger partial charge >= 0.3 is 8.80 Å². The van der Waals surface area contributed by atoms with Crippen molar-refractivity contribution < 1.29 is 13.3 Å². The van der Waals surface area contributed by atoms with Crippen LogP contribution in [0.1, 0.15) is 27.2 Å². The molecule has 0 N–H and O–H groups in total. The molecule has 0 saturated heterocycles. The molecule has 0 aliphatic rings. The molecule has 0 aromatic rings. The number of hydrogen-bond donors (Lipinski definition) is 0. The SMILES string of the molecule is BCCC[Si](OCC)(OCC)OCC. The van der Waals surface area contributed by atoms with Crippen molar-refractivity contribution >= 4 is 16.7 Å². The molecule has 0 unspecified atom stereocenters. The van der Waals surface area contributed by atoms with Crippen molar-refractivity contribution in [2.24, 2.45) is 0 Å². The summed E-state index contributed by atoms with van der Waals surface area (Å²) >= 11 is 0. The smallest absolute Gasteiger partial charge is 0.374 e. The van der Waals surface area contributed by atoms with Gasteiger partial charge in [0, 0.05) is 25.9 Å². The monoisotopic (exact) mass is 218 g/mol. The molecule has 14 heavy (non-hydrogen) atoms. The minimum absolute atomic E-state index is 0.677. The number of rotatable bonds is 9. The lowest BCUT2D eigenvalue weighted by Gasteiger charge is -2.28. The lowest BCUT2D eigenvalue weighted by molar-refractivity contribution is 0.0712. The van der Waals surface area contributed by atoms with Crippen molar-refractivity contribution in [3.8, 4) is 0 Å². The molecule has 0 saturated carbocycles. The second-order valence-electron chi connectivity index (χ2n) is 3.09. The predicted molar refractivity (Wildman–Crippen MR) is 63.4 cm³/mol. The highest BCUT2D eigenvalue weighted by atomic mass is 28.4. The molecule has 0 bridgehead atoms. The van der Waals surface area contributed by atoms with Gasteiger partial charge in [-0.2, -0.15) is 0 Å². The van der Waals surface area contributed by atoms with Gasteiger partial charge in [-0.1, -0.05) is 12.7 Å². The van der Waals surface area contributed by atoms with E-state index < -0.39 is 8.80 Å². The molecular weight excluding hydrogens is 195 g/mol. The van der Waals surface area contributed by atoms with Crippen LogP contribution in [0, 0.1) is 0 Å². The normalized spacial score (nSPS) is 11.9. The Morgan fingerprint density at radius 2 is 1.36 bits per heavy atom. The van der Waals surface area contributed by atoms with E-state index in [9.17, 15) is 0 Å². The first kappa shape index (κ1) is 14.2. The van der Waals surface area contributed by atoms with E-state index in [-0.39, 0.29) is 0 Å². The Morgan fingerprint density at radius 3 is 1.64 bits per heavy atom. The first-order valence-corrected chi connectivity index (χ1v) is 7.59. The van der Waals surface area contributed by atoms with Crippen molar-refractivity contribution in [2.45, 2.75) is 39.6 Å². The zero-order chi connectivity index (χ0) is 10.9. The maximum absolute atomic E-state index is 5.71. The van der Waals surface area contributed by atoms with Crippen molar-refractivity contribution in [3.63, 3.8) is 0 Å². The van der Waals surface area contributed by atoms with Gasteiger partial charge in [0.05, 0.1) is 0 Å². The fourth-order valence-corrected chi connectivity index (χ4v) is 4.18. The molecule has 0 fully saturated rings. The predicted octanol–water partition coefficient (Wildman–Crippen LogP) is 1.48. The summed E-state index contributed by atoms with van der Waals surface area (Å²) in [7, 11) is -0.147. The van der Waals surface area contributed by atoms with Crippen LogP contribution < -0.4 is 0 Å². The maximum atomic E-state index is 5.71. The van der Waals surface area contributed by atoms with Gasteiger partial charge in [-0.05, 0) is 20.8 Å². The highest BCUT2D eigenvalue weighted by Crippen LogP contribution is 2.18. The van der Waals surface area contributed by atoms with E-state index in [0.717, 1.165) is 18.8 Å². The van der Waals surface area contributed by atoms with E-state index in [2.05, 4.69) is 7.85 Å².